The van der Waals surface area contributed by atoms with Gasteiger partial charge in [0.05, 0.1) is 81.2 Å². The van der Waals surface area contributed by atoms with Crippen molar-refractivity contribution in [1.29, 1.82) is 0 Å². The molecule has 0 radical (unpaired) electrons. The maximum absolute atomic E-state index is 12.3. The van der Waals surface area contributed by atoms with Crippen LogP contribution in [0.5, 0.6) is 0 Å². The Balaban J connectivity index is 0.000000230. The zero-order valence-corrected chi connectivity index (χ0v) is 90.1. The molecule has 0 saturated heterocycles. The monoisotopic (exact) mass is 2060 g/mol. The van der Waals surface area contributed by atoms with Gasteiger partial charge in [-0.05, 0) is 159 Å². The van der Waals surface area contributed by atoms with E-state index in [0.717, 1.165) is 68.1 Å². The molecule has 12 N–H and O–H groups in total. The lowest BCUT2D eigenvalue weighted by Crippen LogP contribution is -2.21. The molecule has 40 heteroatoms. The Morgan fingerprint density at radius 1 is 0.326 bits per heavy atom. The highest BCUT2D eigenvalue weighted by Gasteiger charge is 2.32. The summed E-state index contributed by atoms with van der Waals surface area (Å²) in [6.07, 6.45) is 0.757. The Morgan fingerprint density at radius 3 is 0.922 bits per heavy atom. The van der Waals surface area contributed by atoms with Crippen LogP contribution in [0, 0.1) is 27.7 Å². The van der Waals surface area contributed by atoms with Crippen LogP contribution >= 0.6 is 79.4 Å². The Bertz CT molecular complexity index is 6330. The van der Waals surface area contributed by atoms with Gasteiger partial charge >= 0.3 is 72.0 Å². The van der Waals surface area contributed by atoms with Crippen molar-refractivity contribution < 1.29 is 86.0 Å². The topological polar surface area (TPSA) is 435 Å². The maximum Gasteiger partial charge on any atom is 0.356 e. The SMILES string of the molecule is CCc1nnc(NC(=O)Nc2sc(C(C)(C)C)cc2C(=O)OC)s1.COC(=O)c1c(NC(=O)Nc2ccc(C)cc2)cc(C(C)(C)C)n1C.COC(=O)c1cc(C(C)(C)C)sc1NC(=O)Nc1ccc(C)cc1.COC(=O)c1cc(C(C)(C)C)sc1NC(=O)Nc1ccccc1.COC(=O)c1cc(C(C)C)sc1NC(=O)Nc1ccc(C)cc1.COC(=O)c1cc(C(C)C)sc1NC(=O)Nc1ccc(C)s1. The van der Waals surface area contributed by atoms with E-state index in [2.05, 4.69) is 94.8 Å². The number of methoxy groups -OCH3 is 6. The van der Waals surface area contributed by atoms with Crippen molar-refractivity contribution in [2.75, 3.05) is 106 Å². The van der Waals surface area contributed by atoms with Gasteiger partial charge in [0.25, 0.3) is 0 Å². The van der Waals surface area contributed by atoms with Gasteiger partial charge in [-0.15, -0.1) is 78.2 Å². The predicted octanol–water partition coefficient (Wildman–Crippen LogP) is 26.5. The minimum atomic E-state index is -0.497. The van der Waals surface area contributed by atoms with Crippen molar-refractivity contribution >= 4 is 215 Å². The number of urea groups is 6. The first-order valence-electron chi connectivity index (χ1n) is 44.2. The zero-order chi connectivity index (χ0) is 105. The van der Waals surface area contributed by atoms with E-state index in [0.29, 0.717) is 92.1 Å². The molecule has 0 saturated carbocycles. The van der Waals surface area contributed by atoms with Crippen LogP contribution in [0.3, 0.4) is 0 Å². The van der Waals surface area contributed by atoms with Crippen molar-refractivity contribution in [3.05, 3.63) is 242 Å². The highest BCUT2D eigenvalue weighted by Crippen LogP contribution is 2.42. The van der Waals surface area contributed by atoms with E-state index in [-0.39, 0.29) is 39.5 Å². The number of hydrogen-bond donors (Lipinski definition) is 12. The van der Waals surface area contributed by atoms with Crippen LogP contribution in [0.15, 0.2) is 152 Å². The Labute approximate surface area is 850 Å². The number of hydrogen-bond acceptors (Lipinski definition) is 27. The first-order valence-corrected chi connectivity index (χ1v) is 49.9. The van der Waals surface area contributed by atoms with E-state index in [1.165, 1.54) is 122 Å². The number of thiophene rings is 6. The number of ether oxygens (including phenoxy) is 6. The van der Waals surface area contributed by atoms with Gasteiger partial charge in [0.1, 0.15) is 30.0 Å². The summed E-state index contributed by atoms with van der Waals surface area (Å²) in [5, 5.41) is 45.0. The van der Waals surface area contributed by atoms with Crippen LogP contribution < -0.4 is 63.8 Å². The molecule has 8 aromatic heterocycles. The first-order chi connectivity index (χ1) is 66.2. The molecule has 4 aromatic carbocycles. The predicted molar refractivity (Wildman–Crippen MR) is 572 cm³/mol. The van der Waals surface area contributed by atoms with E-state index < -0.39 is 66.0 Å². The van der Waals surface area contributed by atoms with Gasteiger partial charge in [0, 0.05) is 70.2 Å². The smallest absolute Gasteiger partial charge is 0.356 e. The van der Waals surface area contributed by atoms with Crippen LogP contribution in [0.2, 0.25) is 0 Å². The number of benzene rings is 4. The van der Waals surface area contributed by atoms with Crippen LogP contribution in [0.4, 0.5) is 92.3 Å². The quantitative estimate of drug-likeness (QED) is 0.0235. The molecule has 12 aromatic rings. The molecule has 0 unspecified atom stereocenters. The van der Waals surface area contributed by atoms with Crippen molar-refractivity contribution in [3.63, 3.8) is 0 Å². The minimum Gasteiger partial charge on any atom is -0.465 e. The van der Waals surface area contributed by atoms with Gasteiger partial charge < -0.3 is 59.6 Å². The molecule has 8 heterocycles. The van der Waals surface area contributed by atoms with E-state index in [1.807, 2.05) is 228 Å². The Morgan fingerprint density at radius 2 is 0.631 bits per heavy atom. The molecule has 0 aliphatic rings. The summed E-state index contributed by atoms with van der Waals surface area (Å²) in [4.78, 5) is 151. The number of nitrogens with zero attached hydrogens (tertiary/aromatic N) is 3. The molecule has 0 bridgehead atoms. The fourth-order valence-electron chi connectivity index (χ4n) is 12.1. The molecule has 754 valence electrons. The highest BCUT2D eigenvalue weighted by molar-refractivity contribution is 7.19. The number of para-hydroxylation sites is 1. The van der Waals surface area contributed by atoms with Crippen molar-refractivity contribution in [2.45, 2.75) is 185 Å². The molecular weight excluding hydrogens is 1940 g/mol. The lowest BCUT2D eigenvalue weighted by molar-refractivity contribution is 0.0583. The third-order valence-corrected chi connectivity index (χ3v) is 28.8. The number of rotatable bonds is 21. The summed E-state index contributed by atoms with van der Waals surface area (Å²) in [7, 11) is 9.72. The fraction of sp³-hybridized carbons (Fsp3) is 0.347. The maximum atomic E-state index is 12.3. The zero-order valence-electron chi connectivity index (χ0n) is 84.3. The summed E-state index contributed by atoms with van der Waals surface area (Å²) in [6, 6.07) is 43.5. The summed E-state index contributed by atoms with van der Waals surface area (Å²) in [6.45, 7) is 42.5. The molecular formula is C101H125N15O18S7. The van der Waals surface area contributed by atoms with Crippen LogP contribution in [0.1, 0.15) is 248 Å². The van der Waals surface area contributed by atoms with Crippen molar-refractivity contribution in [1.82, 2.24) is 14.8 Å². The van der Waals surface area contributed by atoms with Crippen molar-refractivity contribution in [3.8, 4) is 0 Å². The summed E-state index contributed by atoms with van der Waals surface area (Å²) in [5.41, 5.74) is 8.97. The molecule has 141 heavy (non-hydrogen) atoms. The number of anilines is 12. The second-order valence-corrected chi connectivity index (χ2v) is 43.8. The van der Waals surface area contributed by atoms with E-state index in [9.17, 15) is 57.5 Å². The number of esters is 6. The largest absolute Gasteiger partial charge is 0.465 e. The van der Waals surface area contributed by atoms with Crippen molar-refractivity contribution in [2.24, 2.45) is 7.05 Å². The van der Waals surface area contributed by atoms with Gasteiger partial charge in [0.2, 0.25) is 5.13 Å². The number of carbonyl (C=O) groups is 12. The second kappa shape index (κ2) is 52.0. The van der Waals surface area contributed by atoms with Crippen LogP contribution in [0.25, 0.3) is 0 Å². The molecule has 33 nitrogen and oxygen atoms in total. The lowest BCUT2D eigenvalue weighted by atomic mass is 9.92. The molecule has 12 amide bonds. The van der Waals surface area contributed by atoms with Gasteiger partial charge in [-0.2, -0.15) is 0 Å². The van der Waals surface area contributed by atoms with Gasteiger partial charge in [-0.25, -0.2) is 57.5 Å². The van der Waals surface area contributed by atoms with E-state index >= 15 is 0 Å². The molecule has 0 aliphatic carbocycles. The fourth-order valence-corrected chi connectivity index (χ4v) is 19.0. The average Bonchev–Trinajstić information content (AvgIpc) is 1.63. The number of nitrogens with one attached hydrogen (secondary N) is 12. The van der Waals surface area contributed by atoms with Crippen LogP contribution in [-0.4, -0.2) is 129 Å². The standard InChI is InChI=1S/C19H25N3O3.C18H22N2O3S.2C17H20N2O3S.C15H20N4O3S2.C15H18N2O3S2/c1-12-7-9-13(10-8-12)20-18(24)21-14-11-15(19(2,3)4)22(5)16(14)17(23)25-6;1-11-6-8-12(9-7-11)19-17(22)20-15-13(16(21)23-5)10-14(24-15)18(2,3)4;1-10(2)14-9-13(16(20)22-4)15(23-14)19-17(21)18-12-7-5-11(3)6-8-12;1-17(2,3)13-10-12(15(20)22-4)14(23-13)19-16(21)18-11-8-6-5-7-9-11;1-6-10-18-19-14(24-10)17-13(21)16-11-8(12(20)22-5)7-9(23-11)15(2,3)4;1-8(2)11-7-10(14(18)20-4)13(22-11)17-15(19)16-12-6-5-9(3)21-12/h7-11H,1-6H3,(H2,20,21,24);6-10H,1-5H3,(H2,19,20,22);2*5-10H,1-4H3,(H2,18,19,21);7H,6H2,1-5H3,(H2,16,17,19,21);5-8H,1-4H3,(H2,16,17,19). The summed E-state index contributed by atoms with van der Waals surface area (Å²) >= 11 is 9.68. The summed E-state index contributed by atoms with van der Waals surface area (Å²) in [5.74, 6) is -2.29. The van der Waals surface area contributed by atoms with Gasteiger partial charge in [0.15, 0.2) is 5.69 Å². The minimum absolute atomic E-state index is 0.122. The van der Waals surface area contributed by atoms with Gasteiger partial charge in [-0.3, -0.25) is 37.2 Å². The van der Waals surface area contributed by atoms with Crippen LogP contribution in [-0.2, 0) is 63.5 Å². The first kappa shape index (κ1) is 114. The third-order valence-electron chi connectivity index (χ3n) is 19.8. The summed E-state index contributed by atoms with van der Waals surface area (Å²) < 4.78 is 30.6. The number of carbonyl (C=O) groups excluding carboxylic acids is 12. The van der Waals surface area contributed by atoms with E-state index in [1.54, 1.807) is 60.1 Å². The lowest BCUT2D eigenvalue weighted by Gasteiger charge is -2.19. The Hall–Kier alpha value is -13.6. The van der Waals surface area contributed by atoms with Gasteiger partial charge in [-0.1, -0.05) is 200 Å². The number of amides is 12. The second-order valence-electron chi connectivity index (χ2n) is 36.2. The molecule has 0 fully saturated rings. The molecule has 0 spiro atoms. The normalized spacial score (nSPS) is 10.9. The number of aryl methyl sites for hydroxylation is 5. The average molecular weight is 2060 g/mol. The third kappa shape index (κ3) is 35.0. The Kier molecular flexibility index (Phi) is 42.2. The highest BCUT2D eigenvalue weighted by atomic mass is 32.1. The molecule has 0 atom stereocenters. The molecule has 0 aliphatic heterocycles. The molecule has 12 rings (SSSR count). The number of aromatic nitrogens is 3. The van der Waals surface area contributed by atoms with E-state index in [4.69, 9.17) is 28.4 Å².